The molecule has 0 aromatic carbocycles. The molecule has 31 heavy (non-hydrogen) atoms. The number of ether oxygens (including phenoxy) is 5. The summed E-state index contributed by atoms with van der Waals surface area (Å²) in [5.74, 6) is -2.88. The van der Waals surface area contributed by atoms with Crippen molar-refractivity contribution in [3.63, 3.8) is 0 Å². The highest BCUT2D eigenvalue weighted by Gasteiger charge is 2.51. The molecule has 1 saturated heterocycles. The molecule has 176 valence electrons. The maximum Gasteiger partial charge on any atom is 0.303 e. The standard InChI is InChI=1S/C19H30N2O10/c1-10(22)21-16-18(30-13(4)25)17(29-12(3)24)14(9-28-11(2)23)31-19(16)27-8-6-5-7-15(20)26/h14,16-19H,5-9H2,1-4H3,(H2,20,26)(H,21,22)/t14?,16?,17-,18?,19+/m0/s1. The van der Waals surface area contributed by atoms with Gasteiger partial charge in [0.15, 0.2) is 18.5 Å². The smallest absolute Gasteiger partial charge is 0.303 e. The van der Waals surface area contributed by atoms with E-state index in [9.17, 15) is 24.0 Å². The van der Waals surface area contributed by atoms with Gasteiger partial charge >= 0.3 is 17.9 Å². The lowest BCUT2D eigenvalue weighted by Gasteiger charge is -2.44. The third kappa shape index (κ3) is 9.75. The van der Waals surface area contributed by atoms with Gasteiger partial charge in [-0.3, -0.25) is 24.0 Å². The van der Waals surface area contributed by atoms with Gasteiger partial charge in [-0.1, -0.05) is 0 Å². The van der Waals surface area contributed by atoms with E-state index in [1.165, 1.54) is 13.8 Å². The molecule has 3 N–H and O–H groups in total. The van der Waals surface area contributed by atoms with E-state index in [1.54, 1.807) is 0 Å². The van der Waals surface area contributed by atoms with Gasteiger partial charge in [-0.2, -0.15) is 0 Å². The quantitative estimate of drug-likeness (QED) is 0.235. The van der Waals surface area contributed by atoms with Gasteiger partial charge in [-0.05, 0) is 12.8 Å². The zero-order chi connectivity index (χ0) is 23.6. The molecular weight excluding hydrogens is 416 g/mol. The Morgan fingerprint density at radius 2 is 1.52 bits per heavy atom. The van der Waals surface area contributed by atoms with E-state index in [0.29, 0.717) is 12.8 Å². The minimum Gasteiger partial charge on any atom is -0.463 e. The number of primary amides is 1. The summed E-state index contributed by atoms with van der Waals surface area (Å²) < 4.78 is 27.2. The molecule has 0 bridgehead atoms. The van der Waals surface area contributed by atoms with Crippen LogP contribution < -0.4 is 11.1 Å². The lowest BCUT2D eigenvalue weighted by Crippen LogP contribution is -2.66. The second kappa shape index (κ2) is 12.8. The minimum atomic E-state index is -1.17. The Morgan fingerprint density at radius 3 is 2.03 bits per heavy atom. The van der Waals surface area contributed by atoms with E-state index in [2.05, 4.69) is 5.32 Å². The number of unbranched alkanes of at least 4 members (excludes halogenated alkanes) is 1. The normalized spacial score (nSPS) is 25.2. The Morgan fingerprint density at radius 1 is 0.903 bits per heavy atom. The fraction of sp³-hybridized carbons (Fsp3) is 0.737. The summed E-state index contributed by atoms with van der Waals surface area (Å²) in [6.07, 6.45) is -3.36. The first-order chi connectivity index (χ1) is 14.5. The zero-order valence-electron chi connectivity index (χ0n) is 18.1. The van der Waals surface area contributed by atoms with Crippen LogP contribution in [0.3, 0.4) is 0 Å². The van der Waals surface area contributed by atoms with Crippen LogP contribution in [-0.2, 0) is 47.7 Å². The Balaban J connectivity index is 3.11. The van der Waals surface area contributed by atoms with E-state index in [1.807, 2.05) is 0 Å². The van der Waals surface area contributed by atoms with Crippen LogP contribution in [0.2, 0.25) is 0 Å². The molecule has 1 aliphatic rings. The van der Waals surface area contributed by atoms with Crippen molar-refractivity contribution in [2.45, 2.75) is 77.6 Å². The highest BCUT2D eigenvalue weighted by molar-refractivity contribution is 5.74. The van der Waals surface area contributed by atoms with Crippen LogP contribution >= 0.6 is 0 Å². The predicted molar refractivity (Wildman–Crippen MR) is 103 cm³/mol. The van der Waals surface area contributed by atoms with E-state index in [4.69, 9.17) is 29.4 Å². The molecule has 0 saturated carbocycles. The van der Waals surface area contributed by atoms with Crippen LogP contribution in [0.5, 0.6) is 0 Å². The number of nitrogens with one attached hydrogen (secondary N) is 1. The lowest BCUT2D eigenvalue weighted by molar-refractivity contribution is -0.277. The van der Waals surface area contributed by atoms with Gasteiger partial charge in [0, 0.05) is 40.7 Å². The summed E-state index contributed by atoms with van der Waals surface area (Å²) in [7, 11) is 0. The van der Waals surface area contributed by atoms with Gasteiger partial charge in [0.1, 0.15) is 18.8 Å². The first-order valence-corrected chi connectivity index (χ1v) is 9.81. The molecule has 1 fully saturated rings. The Hall–Kier alpha value is -2.73. The van der Waals surface area contributed by atoms with Crippen LogP contribution in [0.15, 0.2) is 0 Å². The third-order valence-electron chi connectivity index (χ3n) is 4.17. The molecular formula is C19H30N2O10. The van der Waals surface area contributed by atoms with E-state index in [0.717, 1.165) is 13.8 Å². The third-order valence-corrected chi connectivity index (χ3v) is 4.17. The fourth-order valence-corrected chi connectivity index (χ4v) is 3.03. The van der Waals surface area contributed by atoms with Crippen LogP contribution in [0.25, 0.3) is 0 Å². The molecule has 12 nitrogen and oxygen atoms in total. The van der Waals surface area contributed by atoms with E-state index in [-0.39, 0.29) is 19.6 Å². The van der Waals surface area contributed by atoms with Crippen LogP contribution in [0.1, 0.15) is 47.0 Å². The van der Waals surface area contributed by atoms with Crippen LogP contribution in [0.4, 0.5) is 0 Å². The fourth-order valence-electron chi connectivity index (χ4n) is 3.03. The number of nitrogens with two attached hydrogens (primary N) is 1. The molecule has 0 aromatic rings. The van der Waals surface area contributed by atoms with Crippen LogP contribution in [0, 0.1) is 0 Å². The number of carbonyl (C=O) groups is 5. The highest BCUT2D eigenvalue weighted by Crippen LogP contribution is 2.28. The van der Waals surface area contributed by atoms with Crippen molar-refractivity contribution in [2.75, 3.05) is 13.2 Å². The summed E-state index contributed by atoms with van der Waals surface area (Å²) in [5.41, 5.74) is 5.11. The average Bonchev–Trinajstić information content (AvgIpc) is 2.62. The number of hydrogen-bond donors (Lipinski definition) is 2. The molecule has 1 aliphatic heterocycles. The highest BCUT2D eigenvalue weighted by atomic mass is 16.7. The maximum absolute atomic E-state index is 11.8. The topological polar surface area (TPSA) is 170 Å². The molecule has 12 heteroatoms. The average molecular weight is 446 g/mol. The van der Waals surface area contributed by atoms with Gasteiger partial charge in [0.25, 0.3) is 0 Å². The number of esters is 3. The summed E-state index contributed by atoms with van der Waals surface area (Å²) >= 11 is 0. The molecule has 1 heterocycles. The van der Waals surface area contributed by atoms with Crippen molar-refractivity contribution >= 4 is 29.7 Å². The first kappa shape index (κ1) is 26.3. The first-order valence-electron chi connectivity index (χ1n) is 9.81. The maximum atomic E-state index is 11.8. The Labute approximate surface area is 180 Å². The van der Waals surface area contributed by atoms with Crippen molar-refractivity contribution in [1.29, 1.82) is 0 Å². The molecule has 2 amide bonds. The molecule has 0 spiro atoms. The monoisotopic (exact) mass is 446 g/mol. The van der Waals surface area contributed by atoms with E-state index < -0.39 is 60.4 Å². The summed E-state index contributed by atoms with van der Waals surface area (Å²) in [6.45, 7) is 4.59. The lowest BCUT2D eigenvalue weighted by atomic mass is 9.96. The number of hydrogen-bond acceptors (Lipinski definition) is 10. The second-order valence-corrected chi connectivity index (χ2v) is 7.01. The van der Waals surface area contributed by atoms with Gasteiger partial charge in [0.2, 0.25) is 11.8 Å². The molecule has 1 rings (SSSR count). The molecule has 3 unspecified atom stereocenters. The summed E-state index contributed by atoms with van der Waals surface area (Å²) in [4.78, 5) is 57.3. The number of rotatable bonds is 11. The van der Waals surface area contributed by atoms with Gasteiger partial charge in [-0.15, -0.1) is 0 Å². The van der Waals surface area contributed by atoms with Crippen molar-refractivity contribution in [1.82, 2.24) is 5.32 Å². The van der Waals surface area contributed by atoms with Crippen molar-refractivity contribution in [3.05, 3.63) is 0 Å². The summed E-state index contributed by atoms with van der Waals surface area (Å²) in [5, 5.41) is 2.60. The Bertz CT molecular complexity index is 668. The van der Waals surface area contributed by atoms with Crippen molar-refractivity contribution in [2.24, 2.45) is 5.73 Å². The number of carbonyl (C=O) groups excluding carboxylic acids is 5. The van der Waals surface area contributed by atoms with Crippen molar-refractivity contribution < 1.29 is 47.7 Å². The Kier molecular flexibility index (Phi) is 10.9. The number of amides is 2. The summed E-state index contributed by atoms with van der Waals surface area (Å²) in [6, 6.07) is -1.02. The SMILES string of the molecule is CC(=O)NC1C(OC(C)=O)[C@@H](OC(C)=O)C(COC(C)=O)O[C@H]1OCCCCC(N)=O. The van der Waals surface area contributed by atoms with Gasteiger partial charge < -0.3 is 34.7 Å². The van der Waals surface area contributed by atoms with Crippen LogP contribution in [-0.4, -0.2) is 73.6 Å². The van der Waals surface area contributed by atoms with Gasteiger partial charge in [0.05, 0.1) is 0 Å². The zero-order valence-corrected chi connectivity index (χ0v) is 18.1. The largest absolute Gasteiger partial charge is 0.463 e. The molecule has 5 atom stereocenters. The molecule has 0 radical (unpaired) electrons. The predicted octanol–water partition coefficient (Wildman–Crippen LogP) is -0.685. The van der Waals surface area contributed by atoms with Gasteiger partial charge in [-0.25, -0.2) is 0 Å². The minimum absolute atomic E-state index is 0.138. The van der Waals surface area contributed by atoms with E-state index >= 15 is 0 Å². The second-order valence-electron chi connectivity index (χ2n) is 7.01. The molecule has 0 aromatic heterocycles. The van der Waals surface area contributed by atoms with Crippen molar-refractivity contribution in [3.8, 4) is 0 Å². The molecule has 0 aliphatic carbocycles.